The Labute approximate surface area is 153 Å². The number of thiophene rings is 1. The molecule has 2 aromatic rings. The van der Waals surface area contributed by atoms with Crippen LogP contribution in [0.5, 0.6) is 0 Å². The molecule has 1 heterocycles. The van der Waals surface area contributed by atoms with Gasteiger partial charge < -0.3 is 5.32 Å². The number of carbonyl (C=O) groups is 2. The first-order valence-electron chi connectivity index (χ1n) is 8.42. The Morgan fingerprint density at radius 2 is 1.88 bits per heavy atom. The van der Waals surface area contributed by atoms with Crippen LogP contribution in [0.2, 0.25) is 0 Å². The highest BCUT2D eigenvalue weighted by atomic mass is 32.1. The third-order valence-corrected chi connectivity index (χ3v) is 4.73. The van der Waals surface area contributed by atoms with Gasteiger partial charge in [-0.25, -0.2) is 4.79 Å². The Hall–Kier alpha value is -2.18. The summed E-state index contributed by atoms with van der Waals surface area (Å²) in [6, 6.07) is 13.8. The lowest BCUT2D eigenvalue weighted by Crippen LogP contribution is -2.46. The van der Waals surface area contributed by atoms with Gasteiger partial charge in [0, 0.05) is 24.0 Å². The SMILES string of the molecule is CC(C)N(CC(=O)NC(=O)NCCc1cccs1)Cc1ccccc1. The number of nitrogens with zero attached hydrogens (tertiary/aromatic N) is 1. The van der Waals surface area contributed by atoms with E-state index in [9.17, 15) is 9.59 Å². The van der Waals surface area contributed by atoms with Gasteiger partial charge in [-0.05, 0) is 37.3 Å². The van der Waals surface area contributed by atoms with Gasteiger partial charge in [0.2, 0.25) is 5.91 Å². The zero-order valence-electron chi connectivity index (χ0n) is 14.7. The van der Waals surface area contributed by atoms with Crippen molar-refractivity contribution >= 4 is 23.3 Å². The van der Waals surface area contributed by atoms with E-state index in [1.54, 1.807) is 11.3 Å². The molecular weight excluding hydrogens is 334 g/mol. The molecule has 2 rings (SSSR count). The lowest BCUT2D eigenvalue weighted by Gasteiger charge is -2.25. The highest BCUT2D eigenvalue weighted by molar-refractivity contribution is 7.09. The highest BCUT2D eigenvalue weighted by Gasteiger charge is 2.16. The van der Waals surface area contributed by atoms with Crippen molar-refractivity contribution < 1.29 is 9.59 Å². The van der Waals surface area contributed by atoms with Crippen molar-refractivity contribution in [3.8, 4) is 0 Å². The third kappa shape index (κ3) is 7.07. The first-order chi connectivity index (χ1) is 12.0. The molecule has 3 amide bonds. The first-order valence-corrected chi connectivity index (χ1v) is 9.30. The van der Waals surface area contributed by atoms with E-state index in [-0.39, 0.29) is 18.5 Å². The lowest BCUT2D eigenvalue weighted by atomic mass is 10.2. The minimum Gasteiger partial charge on any atom is -0.337 e. The smallest absolute Gasteiger partial charge is 0.321 e. The normalized spacial score (nSPS) is 10.9. The Kier molecular flexibility index (Phi) is 7.63. The second kappa shape index (κ2) is 9.96. The second-order valence-electron chi connectivity index (χ2n) is 6.12. The Bertz CT molecular complexity index is 657. The van der Waals surface area contributed by atoms with Crippen molar-refractivity contribution in [2.45, 2.75) is 32.9 Å². The van der Waals surface area contributed by atoms with Gasteiger partial charge in [-0.1, -0.05) is 36.4 Å². The van der Waals surface area contributed by atoms with E-state index in [0.717, 1.165) is 12.0 Å². The molecule has 0 aliphatic heterocycles. The van der Waals surface area contributed by atoms with Gasteiger partial charge in [-0.2, -0.15) is 0 Å². The topological polar surface area (TPSA) is 61.4 Å². The number of amides is 3. The molecule has 0 bridgehead atoms. The van der Waals surface area contributed by atoms with Crippen LogP contribution in [0.1, 0.15) is 24.3 Å². The zero-order valence-corrected chi connectivity index (χ0v) is 15.5. The summed E-state index contributed by atoms with van der Waals surface area (Å²) in [5.74, 6) is -0.293. The molecule has 1 aromatic heterocycles. The predicted molar refractivity (Wildman–Crippen MR) is 102 cm³/mol. The van der Waals surface area contributed by atoms with Gasteiger partial charge in [-0.15, -0.1) is 11.3 Å². The van der Waals surface area contributed by atoms with E-state index in [0.29, 0.717) is 13.1 Å². The summed E-state index contributed by atoms with van der Waals surface area (Å²) in [4.78, 5) is 27.2. The third-order valence-electron chi connectivity index (χ3n) is 3.80. The quantitative estimate of drug-likeness (QED) is 0.762. The summed E-state index contributed by atoms with van der Waals surface area (Å²) in [7, 11) is 0. The molecule has 0 aliphatic rings. The molecule has 0 unspecified atom stereocenters. The Morgan fingerprint density at radius 1 is 1.12 bits per heavy atom. The maximum Gasteiger partial charge on any atom is 0.321 e. The van der Waals surface area contributed by atoms with E-state index in [4.69, 9.17) is 0 Å². The van der Waals surface area contributed by atoms with Crippen molar-refractivity contribution in [2.75, 3.05) is 13.1 Å². The van der Waals surface area contributed by atoms with Crippen LogP contribution in [-0.2, 0) is 17.8 Å². The zero-order chi connectivity index (χ0) is 18.1. The Morgan fingerprint density at radius 3 is 2.52 bits per heavy atom. The molecule has 0 spiro atoms. The molecule has 0 fully saturated rings. The van der Waals surface area contributed by atoms with Crippen LogP contribution < -0.4 is 10.6 Å². The molecule has 1 aromatic carbocycles. The number of imide groups is 1. The largest absolute Gasteiger partial charge is 0.337 e. The number of benzene rings is 1. The summed E-state index contributed by atoms with van der Waals surface area (Å²) >= 11 is 1.66. The average Bonchev–Trinajstić information content (AvgIpc) is 3.08. The molecule has 6 heteroatoms. The molecule has 0 aliphatic carbocycles. The van der Waals surface area contributed by atoms with Crippen LogP contribution in [0.3, 0.4) is 0 Å². The van der Waals surface area contributed by atoms with Gasteiger partial charge in [0.15, 0.2) is 0 Å². The molecule has 0 atom stereocenters. The van der Waals surface area contributed by atoms with Crippen LogP contribution >= 0.6 is 11.3 Å². The summed E-state index contributed by atoms with van der Waals surface area (Å²) < 4.78 is 0. The van der Waals surface area contributed by atoms with E-state index in [2.05, 4.69) is 10.6 Å². The number of nitrogens with one attached hydrogen (secondary N) is 2. The molecule has 0 saturated carbocycles. The standard InChI is InChI=1S/C19H25N3O2S/c1-15(2)22(13-16-7-4-3-5-8-16)14-18(23)21-19(24)20-11-10-17-9-6-12-25-17/h3-9,12,15H,10-11,13-14H2,1-2H3,(H2,20,21,23,24). The highest BCUT2D eigenvalue weighted by Crippen LogP contribution is 2.08. The van der Waals surface area contributed by atoms with Gasteiger partial charge in [0.25, 0.3) is 0 Å². The molecule has 5 nitrogen and oxygen atoms in total. The maximum absolute atomic E-state index is 12.1. The van der Waals surface area contributed by atoms with Crippen LogP contribution in [0.15, 0.2) is 47.8 Å². The summed E-state index contributed by atoms with van der Waals surface area (Å²) in [5.41, 5.74) is 1.14. The van der Waals surface area contributed by atoms with Gasteiger partial charge in [0.1, 0.15) is 0 Å². The van der Waals surface area contributed by atoms with Crippen LogP contribution in [0.25, 0.3) is 0 Å². The number of carbonyl (C=O) groups excluding carboxylic acids is 2. The lowest BCUT2D eigenvalue weighted by molar-refractivity contribution is -0.121. The average molecular weight is 359 g/mol. The molecular formula is C19H25N3O2S. The predicted octanol–water partition coefficient (Wildman–Crippen LogP) is 3.03. The van der Waals surface area contributed by atoms with Crippen LogP contribution in [-0.4, -0.2) is 36.0 Å². The van der Waals surface area contributed by atoms with Crippen molar-refractivity contribution in [3.05, 3.63) is 58.3 Å². The number of hydrogen-bond acceptors (Lipinski definition) is 4. The fourth-order valence-electron chi connectivity index (χ4n) is 2.39. The Balaban J connectivity index is 1.75. The minimum atomic E-state index is -0.440. The van der Waals surface area contributed by atoms with Crippen molar-refractivity contribution in [2.24, 2.45) is 0 Å². The van der Waals surface area contributed by atoms with Gasteiger partial charge in [-0.3, -0.25) is 15.0 Å². The van der Waals surface area contributed by atoms with Crippen molar-refractivity contribution in [1.29, 1.82) is 0 Å². The van der Waals surface area contributed by atoms with Crippen LogP contribution in [0.4, 0.5) is 4.79 Å². The number of urea groups is 1. The second-order valence-corrected chi connectivity index (χ2v) is 7.15. The van der Waals surface area contributed by atoms with Crippen molar-refractivity contribution in [3.63, 3.8) is 0 Å². The molecule has 0 saturated heterocycles. The summed E-state index contributed by atoms with van der Waals surface area (Å²) in [6.07, 6.45) is 0.769. The minimum absolute atomic E-state index is 0.185. The molecule has 25 heavy (non-hydrogen) atoms. The van der Waals surface area contributed by atoms with Crippen LogP contribution in [0, 0.1) is 0 Å². The first kappa shape index (κ1) is 19.1. The molecule has 2 N–H and O–H groups in total. The van der Waals surface area contributed by atoms with E-state index >= 15 is 0 Å². The van der Waals surface area contributed by atoms with Gasteiger partial charge in [0.05, 0.1) is 6.54 Å². The van der Waals surface area contributed by atoms with E-state index in [1.807, 2.05) is 66.6 Å². The molecule has 134 valence electrons. The van der Waals surface area contributed by atoms with Crippen molar-refractivity contribution in [1.82, 2.24) is 15.5 Å². The van der Waals surface area contributed by atoms with Gasteiger partial charge >= 0.3 is 6.03 Å². The van der Waals surface area contributed by atoms with E-state index in [1.165, 1.54) is 4.88 Å². The van der Waals surface area contributed by atoms with E-state index < -0.39 is 6.03 Å². The fraction of sp³-hybridized carbons (Fsp3) is 0.368. The fourth-order valence-corrected chi connectivity index (χ4v) is 3.10. The number of rotatable bonds is 8. The number of hydrogen-bond donors (Lipinski definition) is 2. The maximum atomic E-state index is 12.1. The summed E-state index contributed by atoms with van der Waals surface area (Å²) in [5, 5.41) is 7.13. The monoisotopic (exact) mass is 359 g/mol. The summed E-state index contributed by atoms with van der Waals surface area (Å²) in [6.45, 7) is 5.45. The molecule has 0 radical (unpaired) electrons.